The summed E-state index contributed by atoms with van der Waals surface area (Å²) < 4.78 is 5.86. The number of hydrogen-bond acceptors (Lipinski definition) is 3. The molecule has 3 nitrogen and oxygen atoms in total. The van der Waals surface area contributed by atoms with Crippen molar-refractivity contribution in [2.24, 2.45) is 0 Å². The van der Waals surface area contributed by atoms with Gasteiger partial charge in [-0.3, -0.25) is 0 Å². The van der Waals surface area contributed by atoms with Gasteiger partial charge < -0.3 is 4.74 Å². The number of rotatable bonds is 13. The molecule has 0 bridgehead atoms. The molecule has 0 radical (unpaired) electrons. The summed E-state index contributed by atoms with van der Waals surface area (Å²) in [6, 6.07) is 12.9. The van der Waals surface area contributed by atoms with Gasteiger partial charge in [0.25, 0.3) is 0 Å². The summed E-state index contributed by atoms with van der Waals surface area (Å²) in [5.41, 5.74) is 3.35. The Morgan fingerprint density at radius 1 is 1.00 bits per heavy atom. The van der Waals surface area contributed by atoms with E-state index in [4.69, 9.17) is 4.74 Å². The van der Waals surface area contributed by atoms with Gasteiger partial charge in [0.2, 0.25) is 0 Å². The average molecular weight is 429 g/mol. The zero-order chi connectivity index (χ0) is 22.6. The predicted molar refractivity (Wildman–Crippen MR) is 137 cm³/mol. The molecule has 0 fully saturated rings. The lowest BCUT2D eigenvalue weighted by Crippen LogP contribution is -2.08. The first-order valence-electron chi connectivity index (χ1n) is 11.9. The maximum absolute atomic E-state index is 5.86. The van der Waals surface area contributed by atoms with Crippen LogP contribution >= 0.6 is 0 Å². The third kappa shape index (κ3) is 7.42. The van der Waals surface area contributed by atoms with Gasteiger partial charge in [0.1, 0.15) is 0 Å². The standard InChI is InChI=1S/C29H36N2O/c1-4-6-10-18-32-23(3)12-8-7-9-13-25-21-30-29(31-22-25)28-17-16-26-19-24(11-5-2)14-15-27(26)20-28/h5,9,13-17,19-23H,2,4,6-8,10-12,18H2,1,3H3/b13-9+. The minimum atomic E-state index is 0.346. The number of unbranched alkanes of at least 4 members (excludes halogenated alkanes) is 3. The molecule has 1 heterocycles. The van der Waals surface area contributed by atoms with Gasteiger partial charge in [0.05, 0.1) is 6.10 Å². The van der Waals surface area contributed by atoms with Crippen LogP contribution < -0.4 is 0 Å². The van der Waals surface area contributed by atoms with Gasteiger partial charge in [-0.1, -0.05) is 68.3 Å². The molecule has 168 valence electrons. The topological polar surface area (TPSA) is 35.0 Å². The highest BCUT2D eigenvalue weighted by atomic mass is 16.5. The molecule has 32 heavy (non-hydrogen) atoms. The Hall–Kier alpha value is -2.78. The number of ether oxygens (including phenoxy) is 1. The second-order valence-electron chi connectivity index (χ2n) is 8.45. The molecule has 0 spiro atoms. The second-order valence-corrected chi connectivity index (χ2v) is 8.45. The van der Waals surface area contributed by atoms with Crippen LogP contribution in [0.1, 0.15) is 63.5 Å². The van der Waals surface area contributed by atoms with Crippen LogP contribution in [0.3, 0.4) is 0 Å². The molecule has 3 rings (SSSR count). The molecule has 3 heteroatoms. The van der Waals surface area contributed by atoms with E-state index >= 15 is 0 Å². The van der Waals surface area contributed by atoms with Crippen molar-refractivity contribution >= 4 is 16.8 Å². The average Bonchev–Trinajstić information content (AvgIpc) is 2.82. The summed E-state index contributed by atoms with van der Waals surface area (Å²) in [5.74, 6) is 0.758. The molecular weight excluding hydrogens is 392 g/mol. The lowest BCUT2D eigenvalue weighted by Gasteiger charge is -2.11. The lowest BCUT2D eigenvalue weighted by atomic mass is 10.0. The number of aromatic nitrogens is 2. The molecule has 0 aliphatic rings. The smallest absolute Gasteiger partial charge is 0.159 e. The maximum atomic E-state index is 5.86. The molecule has 1 unspecified atom stereocenters. The van der Waals surface area contributed by atoms with Crippen molar-refractivity contribution in [1.29, 1.82) is 0 Å². The van der Waals surface area contributed by atoms with Crippen LogP contribution in [0.5, 0.6) is 0 Å². The summed E-state index contributed by atoms with van der Waals surface area (Å²) in [5, 5.41) is 2.43. The summed E-state index contributed by atoms with van der Waals surface area (Å²) in [6.07, 6.45) is 18.2. The first-order valence-corrected chi connectivity index (χ1v) is 11.9. The number of allylic oxidation sites excluding steroid dienone is 2. The lowest BCUT2D eigenvalue weighted by molar-refractivity contribution is 0.0566. The van der Waals surface area contributed by atoms with Gasteiger partial charge in [-0.25, -0.2) is 9.97 Å². The predicted octanol–water partition coefficient (Wildman–Crippen LogP) is 7.80. The first kappa shape index (κ1) is 23.9. The van der Waals surface area contributed by atoms with Crippen LogP contribution in [0.15, 0.2) is 67.5 Å². The van der Waals surface area contributed by atoms with Gasteiger partial charge >= 0.3 is 0 Å². The van der Waals surface area contributed by atoms with Gasteiger partial charge in [-0.05, 0) is 61.4 Å². The summed E-state index contributed by atoms with van der Waals surface area (Å²) in [7, 11) is 0. The highest BCUT2D eigenvalue weighted by Gasteiger charge is 2.04. The van der Waals surface area contributed by atoms with Gasteiger partial charge in [0.15, 0.2) is 5.82 Å². The van der Waals surface area contributed by atoms with E-state index in [0.717, 1.165) is 49.2 Å². The fourth-order valence-electron chi connectivity index (χ4n) is 3.76. The Bertz CT molecular complexity index is 1010. The number of fused-ring (bicyclic) bond motifs is 1. The van der Waals surface area contributed by atoms with Crippen LogP contribution in [0, 0.1) is 0 Å². The van der Waals surface area contributed by atoms with Gasteiger partial charge in [-0.2, -0.15) is 0 Å². The number of hydrogen-bond donors (Lipinski definition) is 0. The number of nitrogens with zero attached hydrogens (tertiary/aromatic N) is 2. The highest BCUT2D eigenvalue weighted by molar-refractivity contribution is 5.87. The van der Waals surface area contributed by atoms with Crippen molar-refractivity contribution < 1.29 is 4.74 Å². The zero-order valence-corrected chi connectivity index (χ0v) is 19.6. The van der Waals surface area contributed by atoms with E-state index in [2.05, 4.69) is 78.9 Å². The Kier molecular flexibility index (Phi) is 9.64. The van der Waals surface area contributed by atoms with E-state index in [9.17, 15) is 0 Å². The van der Waals surface area contributed by atoms with E-state index in [1.54, 1.807) is 0 Å². The van der Waals surface area contributed by atoms with Crippen molar-refractivity contribution in [2.75, 3.05) is 6.61 Å². The van der Waals surface area contributed by atoms with Gasteiger partial charge in [0, 0.05) is 30.1 Å². The van der Waals surface area contributed by atoms with Crippen molar-refractivity contribution in [1.82, 2.24) is 9.97 Å². The largest absolute Gasteiger partial charge is 0.379 e. The number of benzene rings is 2. The van der Waals surface area contributed by atoms with E-state index in [-0.39, 0.29) is 0 Å². The molecule has 0 saturated heterocycles. The van der Waals surface area contributed by atoms with Crippen molar-refractivity contribution in [2.45, 2.75) is 64.9 Å². The molecule has 0 aliphatic carbocycles. The van der Waals surface area contributed by atoms with Crippen molar-refractivity contribution in [3.63, 3.8) is 0 Å². The van der Waals surface area contributed by atoms with Gasteiger partial charge in [-0.15, -0.1) is 6.58 Å². The van der Waals surface area contributed by atoms with E-state index < -0.39 is 0 Å². The Morgan fingerprint density at radius 3 is 2.56 bits per heavy atom. The molecule has 1 atom stereocenters. The summed E-state index contributed by atoms with van der Waals surface area (Å²) >= 11 is 0. The van der Waals surface area contributed by atoms with Crippen LogP contribution in [0.4, 0.5) is 0 Å². The fraction of sp³-hybridized carbons (Fsp3) is 0.379. The molecule has 0 N–H and O–H groups in total. The summed E-state index contributed by atoms with van der Waals surface area (Å²) in [6.45, 7) is 9.11. The minimum Gasteiger partial charge on any atom is -0.379 e. The molecule has 0 amide bonds. The maximum Gasteiger partial charge on any atom is 0.159 e. The Balaban J connectivity index is 1.49. The SMILES string of the molecule is C=CCc1ccc2cc(-c3ncc(/C=C/CCCC(C)OCCCCC)cn3)ccc2c1. The van der Waals surface area contributed by atoms with Crippen molar-refractivity contribution in [3.05, 3.63) is 78.6 Å². The molecule has 2 aromatic carbocycles. The van der Waals surface area contributed by atoms with E-state index in [1.807, 2.05) is 18.5 Å². The first-order chi connectivity index (χ1) is 15.7. The third-order valence-corrected chi connectivity index (χ3v) is 5.66. The van der Waals surface area contributed by atoms with Crippen LogP contribution in [0.2, 0.25) is 0 Å². The molecule has 0 aliphatic heterocycles. The normalized spacial score (nSPS) is 12.4. The molecular formula is C29H36N2O. The second kappa shape index (κ2) is 12.9. The quantitative estimate of drug-likeness (QED) is 0.206. The van der Waals surface area contributed by atoms with Crippen LogP contribution in [-0.4, -0.2) is 22.7 Å². The molecule has 1 aromatic heterocycles. The molecule has 0 saturated carbocycles. The third-order valence-electron chi connectivity index (χ3n) is 5.66. The minimum absolute atomic E-state index is 0.346. The van der Waals surface area contributed by atoms with E-state index in [0.29, 0.717) is 6.10 Å². The fourth-order valence-corrected chi connectivity index (χ4v) is 3.76. The molecule has 3 aromatic rings. The Morgan fingerprint density at radius 2 is 1.78 bits per heavy atom. The Labute approximate surface area is 193 Å². The van der Waals surface area contributed by atoms with Crippen LogP contribution in [0.25, 0.3) is 28.2 Å². The van der Waals surface area contributed by atoms with Crippen LogP contribution in [-0.2, 0) is 11.2 Å². The van der Waals surface area contributed by atoms with Crippen molar-refractivity contribution in [3.8, 4) is 11.4 Å². The zero-order valence-electron chi connectivity index (χ0n) is 19.6. The summed E-state index contributed by atoms with van der Waals surface area (Å²) in [4.78, 5) is 9.17. The van der Waals surface area contributed by atoms with E-state index in [1.165, 1.54) is 35.6 Å². The highest BCUT2D eigenvalue weighted by Crippen LogP contribution is 2.23. The monoisotopic (exact) mass is 428 g/mol.